The van der Waals surface area contributed by atoms with E-state index in [1.54, 1.807) is 4.90 Å². The normalized spacial score (nSPS) is 28.9. The highest BCUT2D eigenvalue weighted by atomic mass is 16.4. The minimum absolute atomic E-state index is 0.101. The largest absolute Gasteiger partial charge is 0.481 e. The number of hydrogen-bond acceptors (Lipinski definition) is 3. The SMILES string of the molecule is O=C(NCC(c1ccccc1)N1CCCC1)N1C[C@@H]2CCC[C@@]2(C(=O)O)C1. The van der Waals surface area contributed by atoms with Crippen LogP contribution in [0, 0.1) is 11.3 Å². The summed E-state index contributed by atoms with van der Waals surface area (Å²) in [7, 11) is 0. The van der Waals surface area contributed by atoms with Crippen LogP contribution in [0.15, 0.2) is 30.3 Å². The molecular formula is C21H29N3O3. The first kappa shape index (κ1) is 18.3. The summed E-state index contributed by atoms with van der Waals surface area (Å²) >= 11 is 0. The van der Waals surface area contributed by atoms with Crippen molar-refractivity contribution in [1.29, 1.82) is 0 Å². The third-order valence-corrected chi connectivity index (χ3v) is 6.80. The summed E-state index contributed by atoms with van der Waals surface area (Å²) in [5, 5.41) is 12.8. The van der Waals surface area contributed by atoms with Crippen molar-refractivity contribution >= 4 is 12.0 Å². The lowest BCUT2D eigenvalue weighted by Gasteiger charge is -2.29. The second-order valence-corrected chi connectivity index (χ2v) is 8.29. The highest BCUT2D eigenvalue weighted by Gasteiger charge is 2.55. The zero-order valence-electron chi connectivity index (χ0n) is 15.8. The van der Waals surface area contributed by atoms with Gasteiger partial charge in [0, 0.05) is 19.6 Å². The lowest BCUT2D eigenvalue weighted by Crippen LogP contribution is -2.44. The monoisotopic (exact) mass is 371 g/mol. The number of nitrogens with one attached hydrogen (secondary N) is 1. The van der Waals surface area contributed by atoms with Crippen molar-refractivity contribution < 1.29 is 14.7 Å². The van der Waals surface area contributed by atoms with E-state index in [1.165, 1.54) is 18.4 Å². The van der Waals surface area contributed by atoms with Gasteiger partial charge in [-0.05, 0) is 50.3 Å². The molecule has 1 aliphatic carbocycles. The molecule has 2 saturated heterocycles. The number of carboxylic acids is 1. The van der Waals surface area contributed by atoms with Crippen molar-refractivity contribution in [1.82, 2.24) is 15.1 Å². The molecule has 6 nitrogen and oxygen atoms in total. The van der Waals surface area contributed by atoms with Crippen molar-refractivity contribution in [3.8, 4) is 0 Å². The molecule has 3 atom stereocenters. The molecule has 4 rings (SSSR count). The van der Waals surface area contributed by atoms with Gasteiger partial charge in [0.1, 0.15) is 0 Å². The van der Waals surface area contributed by atoms with Gasteiger partial charge in [-0.2, -0.15) is 0 Å². The Morgan fingerprint density at radius 2 is 1.93 bits per heavy atom. The maximum absolute atomic E-state index is 12.8. The Hall–Kier alpha value is -2.08. The number of aliphatic carboxylic acids is 1. The number of carbonyl (C=O) groups is 2. The first-order valence-electron chi connectivity index (χ1n) is 10.2. The highest BCUT2D eigenvalue weighted by Crippen LogP contribution is 2.48. The standard InChI is InChI=1S/C21H29N3O3/c25-19(26)21-10-6-9-17(21)14-24(15-21)20(27)22-13-18(23-11-4-5-12-23)16-7-2-1-3-8-16/h1-3,7-8,17-18H,4-6,9-15H2,(H,22,27)(H,25,26)/t17-,18?,21+/m0/s1. The Kier molecular flexibility index (Phi) is 5.08. The molecule has 2 aliphatic heterocycles. The van der Waals surface area contributed by atoms with E-state index >= 15 is 0 Å². The van der Waals surface area contributed by atoms with Crippen LogP contribution in [0.25, 0.3) is 0 Å². The van der Waals surface area contributed by atoms with Gasteiger partial charge in [-0.15, -0.1) is 0 Å². The van der Waals surface area contributed by atoms with Crippen molar-refractivity contribution in [2.24, 2.45) is 11.3 Å². The van der Waals surface area contributed by atoms with Crippen LogP contribution in [0.3, 0.4) is 0 Å². The Balaban J connectivity index is 1.41. The van der Waals surface area contributed by atoms with Crippen LogP contribution >= 0.6 is 0 Å². The van der Waals surface area contributed by atoms with Crippen molar-refractivity contribution in [2.75, 3.05) is 32.7 Å². The van der Waals surface area contributed by atoms with E-state index in [0.29, 0.717) is 26.1 Å². The number of carboxylic acid groups (broad SMARTS) is 1. The molecule has 6 heteroatoms. The first-order valence-corrected chi connectivity index (χ1v) is 10.2. The molecule has 0 bridgehead atoms. The fourth-order valence-electron chi connectivity index (χ4n) is 5.28. The van der Waals surface area contributed by atoms with Gasteiger partial charge in [-0.1, -0.05) is 36.8 Å². The summed E-state index contributed by atoms with van der Waals surface area (Å²) in [4.78, 5) is 28.8. The van der Waals surface area contributed by atoms with Crippen LogP contribution in [-0.4, -0.2) is 59.6 Å². The molecule has 1 saturated carbocycles. The molecular weight excluding hydrogens is 342 g/mol. The molecule has 3 aliphatic rings. The van der Waals surface area contributed by atoms with Crippen molar-refractivity contribution in [3.05, 3.63) is 35.9 Å². The first-order chi connectivity index (χ1) is 13.1. The summed E-state index contributed by atoms with van der Waals surface area (Å²) in [5.74, 6) is -0.635. The number of urea groups is 1. The molecule has 3 fully saturated rings. The van der Waals surface area contributed by atoms with Gasteiger partial charge in [0.25, 0.3) is 0 Å². The topological polar surface area (TPSA) is 72.9 Å². The molecule has 0 aromatic heterocycles. The molecule has 1 unspecified atom stereocenters. The van der Waals surface area contributed by atoms with E-state index in [0.717, 1.165) is 25.9 Å². The third kappa shape index (κ3) is 3.43. The van der Waals surface area contributed by atoms with Crippen LogP contribution in [0.5, 0.6) is 0 Å². The highest BCUT2D eigenvalue weighted by molar-refractivity contribution is 5.80. The predicted molar refractivity (Wildman–Crippen MR) is 102 cm³/mol. The van der Waals surface area contributed by atoms with Gasteiger partial charge >= 0.3 is 12.0 Å². The zero-order chi connectivity index (χ0) is 18.9. The number of benzene rings is 1. The van der Waals surface area contributed by atoms with E-state index in [1.807, 2.05) is 18.2 Å². The predicted octanol–water partition coefficient (Wildman–Crippen LogP) is 2.72. The maximum Gasteiger partial charge on any atom is 0.317 e. The summed E-state index contributed by atoms with van der Waals surface area (Å²) < 4.78 is 0. The third-order valence-electron chi connectivity index (χ3n) is 6.80. The van der Waals surface area contributed by atoms with Gasteiger partial charge in [0.05, 0.1) is 11.5 Å². The van der Waals surface area contributed by atoms with Gasteiger partial charge in [0.15, 0.2) is 0 Å². The van der Waals surface area contributed by atoms with E-state index < -0.39 is 11.4 Å². The van der Waals surface area contributed by atoms with Crippen LogP contribution in [0.4, 0.5) is 4.79 Å². The lowest BCUT2D eigenvalue weighted by molar-refractivity contribution is -0.149. The van der Waals surface area contributed by atoms with E-state index in [2.05, 4.69) is 22.3 Å². The van der Waals surface area contributed by atoms with Crippen LogP contribution in [0.2, 0.25) is 0 Å². The van der Waals surface area contributed by atoms with Crippen molar-refractivity contribution in [3.63, 3.8) is 0 Å². The second kappa shape index (κ2) is 7.50. The number of likely N-dealkylation sites (tertiary alicyclic amines) is 2. The fourth-order valence-corrected chi connectivity index (χ4v) is 5.28. The maximum atomic E-state index is 12.8. The molecule has 146 valence electrons. The number of amides is 2. The summed E-state index contributed by atoms with van der Waals surface area (Å²) in [6.45, 7) is 3.59. The Morgan fingerprint density at radius 1 is 1.19 bits per heavy atom. The molecule has 2 amide bonds. The van der Waals surface area contributed by atoms with E-state index in [4.69, 9.17) is 0 Å². The number of rotatable bonds is 5. The fraction of sp³-hybridized carbons (Fsp3) is 0.619. The van der Waals surface area contributed by atoms with Crippen LogP contribution < -0.4 is 5.32 Å². The second-order valence-electron chi connectivity index (χ2n) is 8.29. The number of hydrogen-bond donors (Lipinski definition) is 2. The van der Waals surface area contributed by atoms with Gasteiger partial charge in [0.2, 0.25) is 0 Å². The molecule has 0 spiro atoms. The van der Waals surface area contributed by atoms with E-state index in [-0.39, 0.29) is 18.0 Å². The Morgan fingerprint density at radius 3 is 2.59 bits per heavy atom. The molecule has 1 aromatic rings. The number of carbonyl (C=O) groups excluding carboxylic acids is 1. The molecule has 27 heavy (non-hydrogen) atoms. The molecule has 1 aromatic carbocycles. The molecule has 2 N–H and O–H groups in total. The Labute approximate surface area is 160 Å². The smallest absolute Gasteiger partial charge is 0.317 e. The average molecular weight is 371 g/mol. The lowest BCUT2D eigenvalue weighted by atomic mass is 9.81. The zero-order valence-corrected chi connectivity index (χ0v) is 15.8. The van der Waals surface area contributed by atoms with Crippen LogP contribution in [0.1, 0.15) is 43.7 Å². The molecule has 2 heterocycles. The molecule has 0 radical (unpaired) electrons. The minimum Gasteiger partial charge on any atom is -0.481 e. The van der Waals surface area contributed by atoms with E-state index in [9.17, 15) is 14.7 Å². The summed E-state index contributed by atoms with van der Waals surface area (Å²) in [6.07, 6.45) is 4.96. The van der Waals surface area contributed by atoms with Gasteiger partial charge in [-0.3, -0.25) is 9.69 Å². The van der Waals surface area contributed by atoms with Gasteiger partial charge in [-0.25, -0.2) is 4.79 Å². The summed E-state index contributed by atoms with van der Waals surface area (Å²) in [5.41, 5.74) is 0.505. The average Bonchev–Trinajstić information content (AvgIpc) is 3.38. The quantitative estimate of drug-likeness (QED) is 0.835. The van der Waals surface area contributed by atoms with Crippen LogP contribution in [-0.2, 0) is 4.79 Å². The minimum atomic E-state index is -0.737. The van der Waals surface area contributed by atoms with Crippen molar-refractivity contribution in [2.45, 2.75) is 38.1 Å². The number of fused-ring (bicyclic) bond motifs is 1. The Bertz CT molecular complexity index is 689. The van der Waals surface area contributed by atoms with Gasteiger partial charge < -0.3 is 15.3 Å². The summed E-state index contributed by atoms with van der Waals surface area (Å²) in [6, 6.07) is 10.4. The number of nitrogens with zero attached hydrogens (tertiary/aromatic N) is 2.